The third kappa shape index (κ3) is 3.14. The summed E-state index contributed by atoms with van der Waals surface area (Å²) < 4.78 is 51.7. The molecule has 0 aliphatic carbocycles. The van der Waals surface area contributed by atoms with E-state index in [2.05, 4.69) is 10.4 Å². The molecule has 1 aliphatic rings. The second-order valence-corrected chi connectivity index (χ2v) is 5.83. The summed E-state index contributed by atoms with van der Waals surface area (Å²) in [5.74, 6) is 0.0669. The van der Waals surface area contributed by atoms with Gasteiger partial charge in [-0.2, -0.15) is 18.3 Å². The lowest BCUT2D eigenvalue weighted by Gasteiger charge is -2.33. The Bertz CT molecular complexity index is 835. The highest BCUT2D eigenvalue weighted by molar-refractivity contribution is 5.91. The largest absolute Gasteiger partial charge is 0.493 e. The van der Waals surface area contributed by atoms with Crippen LogP contribution in [0.15, 0.2) is 24.3 Å². The van der Waals surface area contributed by atoms with E-state index < -0.39 is 24.2 Å². The first-order valence-electron chi connectivity index (χ1n) is 7.69. The predicted molar refractivity (Wildman–Crippen MR) is 86.4 cm³/mol. The number of benzene rings is 1. The van der Waals surface area contributed by atoms with Gasteiger partial charge in [0.2, 0.25) is 0 Å². The van der Waals surface area contributed by atoms with Crippen molar-refractivity contribution in [3.8, 4) is 11.5 Å². The van der Waals surface area contributed by atoms with Crippen molar-refractivity contribution in [2.75, 3.05) is 19.5 Å². The van der Waals surface area contributed by atoms with E-state index in [-0.39, 0.29) is 17.9 Å². The molecule has 1 amide bonds. The predicted octanol–water partition coefficient (Wildman–Crippen LogP) is 2.66. The molecule has 0 saturated heterocycles. The Kier molecular flexibility index (Phi) is 4.43. The van der Waals surface area contributed by atoms with Gasteiger partial charge in [-0.25, -0.2) is 4.68 Å². The molecule has 0 saturated carbocycles. The van der Waals surface area contributed by atoms with Crippen LogP contribution in [0.25, 0.3) is 0 Å². The molecule has 3 N–H and O–H groups in total. The van der Waals surface area contributed by atoms with Crippen LogP contribution >= 0.6 is 0 Å². The molecule has 7 nitrogen and oxygen atoms in total. The average molecular weight is 370 g/mol. The van der Waals surface area contributed by atoms with Gasteiger partial charge in [-0.05, 0) is 17.7 Å². The van der Waals surface area contributed by atoms with E-state index in [4.69, 9.17) is 15.2 Å². The Morgan fingerprint density at radius 3 is 2.54 bits per heavy atom. The third-order valence-electron chi connectivity index (χ3n) is 4.25. The van der Waals surface area contributed by atoms with Gasteiger partial charge in [0.1, 0.15) is 5.82 Å². The summed E-state index contributed by atoms with van der Waals surface area (Å²) in [6.07, 6.45) is -4.83. The zero-order valence-corrected chi connectivity index (χ0v) is 14.0. The minimum atomic E-state index is -4.54. The van der Waals surface area contributed by atoms with Gasteiger partial charge in [0.25, 0.3) is 5.91 Å². The highest BCUT2D eigenvalue weighted by Crippen LogP contribution is 2.44. The number of halogens is 3. The van der Waals surface area contributed by atoms with Crippen LogP contribution < -0.4 is 20.5 Å². The van der Waals surface area contributed by atoms with Crippen LogP contribution in [0.5, 0.6) is 11.5 Å². The highest BCUT2D eigenvalue weighted by Gasteiger charge is 2.46. The first-order chi connectivity index (χ1) is 12.2. The second kappa shape index (κ2) is 6.43. The Labute approximate surface area is 146 Å². The highest BCUT2D eigenvalue weighted by atomic mass is 19.4. The molecular formula is C16H17F3N4O3. The van der Waals surface area contributed by atoms with Crippen LogP contribution in [0.1, 0.15) is 34.6 Å². The molecule has 2 heterocycles. The number of nitrogens with zero attached hydrogens (tertiary/aromatic N) is 2. The minimum Gasteiger partial charge on any atom is -0.493 e. The molecule has 10 heteroatoms. The van der Waals surface area contributed by atoms with E-state index >= 15 is 0 Å². The fourth-order valence-corrected chi connectivity index (χ4v) is 2.98. The summed E-state index contributed by atoms with van der Waals surface area (Å²) in [6, 6.07) is 3.57. The van der Waals surface area contributed by atoms with Crippen molar-refractivity contribution in [3.05, 3.63) is 35.5 Å². The minimum absolute atomic E-state index is 0.0761. The van der Waals surface area contributed by atoms with Crippen molar-refractivity contribution in [2.24, 2.45) is 5.73 Å². The number of carbonyl (C=O) groups excluding carboxylic acids is 1. The lowest BCUT2D eigenvalue weighted by molar-refractivity contribution is -0.173. The number of nitrogens with one attached hydrogen (secondary N) is 1. The number of alkyl halides is 3. The summed E-state index contributed by atoms with van der Waals surface area (Å²) in [7, 11) is 2.92. The Balaban J connectivity index is 2.02. The Morgan fingerprint density at radius 2 is 1.96 bits per heavy atom. The van der Waals surface area contributed by atoms with Gasteiger partial charge in [0.05, 0.1) is 20.3 Å². The number of ether oxygens (including phenoxy) is 2. The normalized spacial score (nSPS) is 19.4. The molecule has 1 aromatic heterocycles. The summed E-state index contributed by atoms with van der Waals surface area (Å²) >= 11 is 0. The quantitative estimate of drug-likeness (QED) is 0.863. The van der Waals surface area contributed by atoms with E-state index in [9.17, 15) is 18.0 Å². The molecule has 0 radical (unpaired) electrons. The number of carbonyl (C=O) groups is 1. The monoisotopic (exact) mass is 370 g/mol. The average Bonchev–Trinajstić information content (AvgIpc) is 3.03. The van der Waals surface area contributed by atoms with E-state index in [1.54, 1.807) is 18.2 Å². The number of fused-ring (bicyclic) bond motifs is 1. The summed E-state index contributed by atoms with van der Waals surface area (Å²) in [5.41, 5.74) is 5.50. The van der Waals surface area contributed by atoms with E-state index in [0.717, 1.165) is 4.68 Å². The zero-order valence-electron chi connectivity index (χ0n) is 14.0. The Morgan fingerprint density at radius 1 is 1.27 bits per heavy atom. The molecule has 0 spiro atoms. The number of anilines is 1. The first kappa shape index (κ1) is 17.9. The lowest BCUT2D eigenvalue weighted by Crippen LogP contribution is -2.35. The van der Waals surface area contributed by atoms with Gasteiger partial charge in [-0.15, -0.1) is 0 Å². The molecule has 0 unspecified atom stereocenters. The number of hydrogen-bond acceptors (Lipinski definition) is 5. The molecule has 1 aromatic carbocycles. The van der Waals surface area contributed by atoms with Crippen molar-refractivity contribution in [2.45, 2.75) is 24.7 Å². The van der Waals surface area contributed by atoms with Crippen molar-refractivity contribution in [1.29, 1.82) is 0 Å². The lowest BCUT2D eigenvalue weighted by atomic mass is 9.96. The fourth-order valence-electron chi connectivity index (χ4n) is 2.98. The van der Waals surface area contributed by atoms with Crippen LogP contribution in [0, 0.1) is 0 Å². The topological polar surface area (TPSA) is 91.4 Å². The van der Waals surface area contributed by atoms with Crippen molar-refractivity contribution < 1.29 is 27.4 Å². The molecule has 2 aromatic rings. The fraction of sp³-hybridized carbons (Fsp3) is 0.375. The summed E-state index contributed by atoms with van der Waals surface area (Å²) in [4.78, 5) is 11.3. The van der Waals surface area contributed by atoms with Gasteiger partial charge in [-0.1, -0.05) is 6.07 Å². The number of aromatic nitrogens is 2. The van der Waals surface area contributed by atoms with Gasteiger partial charge in [0, 0.05) is 12.5 Å². The molecular weight excluding hydrogens is 353 g/mol. The number of primary amides is 1. The zero-order chi connectivity index (χ0) is 19.1. The van der Waals surface area contributed by atoms with E-state index in [0.29, 0.717) is 17.1 Å². The molecule has 0 fully saturated rings. The van der Waals surface area contributed by atoms with Crippen molar-refractivity contribution >= 4 is 11.7 Å². The van der Waals surface area contributed by atoms with Crippen LogP contribution in [0.2, 0.25) is 0 Å². The maximum Gasteiger partial charge on any atom is 0.410 e. The maximum absolute atomic E-state index is 13.5. The maximum atomic E-state index is 13.5. The van der Waals surface area contributed by atoms with E-state index in [1.807, 2.05) is 0 Å². The number of nitrogens with two attached hydrogens (primary N) is 1. The standard InChI is InChI=1S/C16H17F3N4O3/c1-25-11-4-3-8(5-12(11)26-2)9-6-13(16(17,18)19)23-14(21-9)7-10(22-23)15(20)24/h3-5,7,9,13,21H,6H2,1-2H3,(H2,20,24)/t9-,13-/m1/s1. The molecule has 0 bridgehead atoms. The van der Waals surface area contributed by atoms with Gasteiger partial charge < -0.3 is 20.5 Å². The molecule has 3 rings (SSSR count). The van der Waals surface area contributed by atoms with Gasteiger partial charge in [-0.3, -0.25) is 4.79 Å². The number of methoxy groups -OCH3 is 2. The summed E-state index contributed by atoms with van der Waals surface area (Å²) in [6.45, 7) is 0. The van der Waals surface area contributed by atoms with Crippen LogP contribution in [0.4, 0.5) is 19.0 Å². The van der Waals surface area contributed by atoms with Crippen LogP contribution in [-0.2, 0) is 0 Å². The molecule has 1 aliphatic heterocycles. The second-order valence-electron chi connectivity index (χ2n) is 5.83. The van der Waals surface area contributed by atoms with E-state index in [1.165, 1.54) is 20.3 Å². The number of amides is 1. The van der Waals surface area contributed by atoms with Crippen molar-refractivity contribution in [3.63, 3.8) is 0 Å². The summed E-state index contributed by atoms with van der Waals surface area (Å²) in [5, 5.41) is 6.68. The third-order valence-corrected chi connectivity index (χ3v) is 4.25. The number of rotatable bonds is 4. The van der Waals surface area contributed by atoms with Crippen LogP contribution in [0.3, 0.4) is 0 Å². The van der Waals surface area contributed by atoms with Crippen LogP contribution in [-0.4, -0.2) is 36.1 Å². The molecule has 26 heavy (non-hydrogen) atoms. The Hall–Kier alpha value is -2.91. The van der Waals surface area contributed by atoms with Gasteiger partial charge >= 0.3 is 6.18 Å². The SMILES string of the molecule is COc1ccc([C@H]2C[C@H](C(F)(F)F)n3nc(C(N)=O)cc3N2)cc1OC. The molecule has 140 valence electrons. The van der Waals surface area contributed by atoms with Crippen molar-refractivity contribution in [1.82, 2.24) is 9.78 Å². The smallest absolute Gasteiger partial charge is 0.410 e. The first-order valence-corrected chi connectivity index (χ1v) is 7.69. The number of hydrogen-bond donors (Lipinski definition) is 2. The van der Waals surface area contributed by atoms with Gasteiger partial charge in [0.15, 0.2) is 23.2 Å². The molecule has 2 atom stereocenters.